The Morgan fingerprint density at radius 2 is 1.97 bits per heavy atom. The van der Waals surface area contributed by atoms with Crippen LogP contribution in [0.1, 0.15) is 11.4 Å². The number of hydrogen-bond acceptors (Lipinski definition) is 10. The van der Waals surface area contributed by atoms with Crippen molar-refractivity contribution in [2.45, 2.75) is 18.6 Å². The average molecular weight is 440 g/mol. The lowest BCUT2D eigenvalue weighted by Crippen LogP contribution is -2.35. The lowest BCUT2D eigenvalue weighted by molar-refractivity contribution is 0.0341. The van der Waals surface area contributed by atoms with Gasteiger partial charge in [-0.2, -0.15) is 0 Å². The average Bonchev–Trinajstić information content (AvgIpc) is 2.81. The van der Waals surface area contributed by atoms with Crippen molar-refractivity contribution in [1.82, 2.24) is 29.8 Å². The number of anilines is 2. The largest absolute Gasteiger partial charge is 0.481 e. The molecule has 0 aromatic carbocycles. The summed E-state index contributed by atoms with van der Waals surface area (Å²) in [5, 5.41) is 4.02. The van der Waals surface area contributed by atoms with E-state index in [9.17, 15) is 0 Å². The zero-order valence-corrected chi connectivity index (χ0v) is 18.6. The highest BCUT2D eigenvalue weighted by Crippen LogP contribution is 2.29. The van der Waals surface area contributed by atoms with Crippen LogP contribution in [0.25, 0.3) is 11.4 Å². The van der Waals surface area contributed by atoms with Gasteiger partial charge >= 0.3 is 0 Å². The van der Waals surface area contributed by atoms with Gasteiger partial charge in [-0.25, -0.2) is 24.9 Å². The summed E-state index contributed by atoms with van der Waals surface area (Å²) < 4.78 is 10.6. The van der Waals surface area contributed by atoms with Gasteiger partial charge in [-0.15, -0.1) is 0 Å². The van der Waals surface area contributed by atoms with Gasteiger partial charge in [0.2, 0.25) is 5.88 Å². The van der Waals surface area contributed by atoms with Crippen molar-refractivity contribution in [1.29, 1.82) is 0 Å². The number of aromatic nitrogens is 5. The summed E-state index contributed by atoms with van der Waals surface area (Å²) in [7, 11) is 1.59. The predicted octanol–water partition coefficient (Wildman–Crippen LogP) is 2.94. The number of thioether (sulfide) groups is 1. The quantitative estimate of drug-likeness (QED) is 0.553. The van der Waals surface area contributed by atoms with Gasteiger partial charge < -0.3 is 14.8 Å². The summed E-state index contributed by atoms with van der Waals surface area (Å²) in [6.45, 7) is 6.01. The number of methoxy groups -OCH3 is 1. The van der Waals surface area contributed by atoms with Gasteiger partial charge in [0.05, 0.1) is 37.8 Å². The fraction of sp³-hybridized carbons (Fsp3) is 0.381. The normalized spacial score (nSPS) is 14.4. The molecule has 0 unspecified atom stereocenters. The van der Waals surface area contributed by atoms with E-state index in [4.69, 9.17) is 14.5 Å². The third-order valence-electron chi connectivity index (χ3n) is 4.81. The molecule has 0 atom stereocenters. The Labute approximate surface area is 185 Å². The fourth-order valence-electron chi connectivity index (χ4n) is 3.26. The van der Waals surface area contributed by atoms with E-state index in [-0.39, 0.29) is 0 Å². The first-order valence-corrected chi connectivity index (χ1v) is 11.2. The van der Waals surface area contributed by atoms with Gasteiger partial charge in [-0.3, -0.25) is 4.90 Å². The van der Waals surface area contributed by atoms with Crippen LogP contribution in [-0.2, 0) is 11.3 Å². The van der Waals surface area contributed by atoms with Crippen LogP contribution in [0.15, 0.2) is 35.7 Å². The Hall–Kier alpha value is -2.82. The standard InChI is InChI=1S/C21H25N7O2S/c1-14-24-20(27-21(25-14)31-3)17-10-15(13-28-6-8-30-9-7-28)11-23-19(17)26-16-4-5-18(29-2)22-12-16/h4-5,10-12H,6-9,13H2,1-3H3,(H,23,26). The summed E-state index contributed by atoms with van der Waals surface area (Å²) in [6, 6.07) is 5.79. The highest BCUT2D eigenvalue weighted by Gasteiger charge is 2.16. The van der Waals surface area contributed by atoms with Crippen molar-refractivity contribution >= 4 is 23.3 Å². The van der Waals surface area contributed by atoms with Gasteiger partial charge in [0.15, 0.2) is 11.0 Å². The first-order chi connectivity index (χ1) is 15.1. The van der Waals surface area contributed by atoms with Crippen molar-refractivity contribution in [3.05, 3.63) is 42.0 Å². The molecule has 4 rings (SSSR count). The van der Waals surface area contributed by atoms with Crippen LogP contribution in [0.2, 0.25) is 0 Å². The number of rotatable bonds is 7. The molecule has 0 amide bonds. The summed E-state index contributed by atoms with van der Waals surface area (Å²) in [5.41, 5.74) is 2.72. The maximum Gasteiger partial charge on any atom is 0.213 e. The van der Waals surface area contributed by atoms with E-state index in [1.54, 1.807) is 19.4 Å². The predicted molar refractivity (Wildman–Crippen MR) is 120 cm³/mol. The van der Waals surface area contributed by atoms with Crippen molar-refractivity contribution in [2.24, 2.45) is 0 Å². The number of aryl methyl sites for hydroxylation is 1. The van der Waals surface area contributed by atoms with Gasteiger partial charge in [0.1, 0.15) is 11.6 Å². The summed E-state index contributed by atoms with van der Waals surface area (Å²) in [4.78, 5) is 24.9. The lowest BCUT2D eigenvalue weighted by Gasteiger charge is -2.26. The summed E-state index contributed by atoms with van der Waals surface area (Å²) in [5.74, 6) is 2.48. The molecule has 0 radical (unpaired) electrons. The van der Waals surface area contributed by atoms with Crippen LogP contribution >= 0.6 is 11.8 Å². The molecule has 1 N–H and O–H groups in total. The first-order valence-electron chi connectivity index (χ1n) is 9.97. The molecule has 3 aromatic heterocycles. The Kier molecular flexibility index (Phi) is 6.90. The van der Waals surface area contributed by atoms with Crippen LogP contribution in [-0.4, -0.2) is 69.5 Å². The van der Waals surface area contributed by atoms with Gasteiger partial charge in [-0.1, -0.05) is 11.8 Å². The van der Waals surface area contributed by atoms with Crippen molar-refractivity contribution in [2.75, 3.05) is 45.0 Å². The molecule has 3 aromatic rings. The Balaban J connectivity index is 1.69. The third kappa shape index (κ3) is 5.46. The van der Waals surface area contributed by atoms with Crippen LogP contribution in [0.5, 0.6) is 5.88 Å². The molecule has 1 aliphatic heterocycles. The zero-order valence-electron chi connectivity index (χ0n) is 17.8. The first kappa shape index (κ1) is 21.4. The monoisotopic (exact) mass is 439 g/mol. The van der Waals surface area contributed by atoms with Gasteiger partial charge in [0.25, 0.3) is 0 Å². The van der Waals surface area contributed by atoms with Gasteiger partial charge in [-0.05, 0) is 30.9 Å². The van der Waals surface area contributed by atoms with Crippen molar-refractivity contribution < 1.29 is 9.47 Å². The van der Waals surface area contributed by atoms with Crippen LogP contribution in [0.3, 0.4) is 0 Å². The molecular weight excluding hydrogens is 414 g/mol. The Bertz CT molecular complexity index is 1030. The molecule has 1 aliphatic rings. The number of hydrogen-bond donors (Lipinski definition) is 1. The van der Waals surface area contributed by atoms with Crippen LogP contribution < -0.4 is 10.1 Å². The number of morpholine rings is 1. The molecule has 9 nitrogen and oxygen atoms in total. The molecule has 0 bridgehead atoms. The zero-order chi connectivity index (χ0) is 21.6. The molecular formula is C21H25N7O2S. The van der Waals surface area contributed by atoms with E-state index in [0.717, 1.165) is 49.7 Å². The van der Waals surface area contributed by atoms with Crippen LogP contribution in [0.4, 0.5) is 11.5 Å². The topological polar surface area (TPSA) is 98.2 Å². The van der Waals surface area contributed by atoms with E-state index < -0.39 is 0 Å². The van der Waals surface area contributed by atoms with E-state index in [2.05, 4.69) is 36.2 Å². The minimum atomic E-state index is 0.553. The molecule has 162 valence electrons. The van der Waals surface area contributed by atoms with E-state index in [1.807, 2.05) is 25.4 Å². The molecule has 4 heterocycles. The number of nitrogens with zero attached hydrogens (tertiary/aromatic N) is 6. The Morgan fingerprint density at radius 3 is 2.68 bits per heavy atom. The molecule has 31 heavy (non-hydrogen) atoms. The second kappa shape index (κ2) is 9.99. The maximum absolute atomic E-state index is 5.46. The molecule has 1 fully saturated rings. The molecule has 0 aliphatic carbocycles. The second-order valence-corrected chi connectivity index (χ2v) is 7.81. The second-order valence-electron chi connectivity index (χ2n) is 7.04. The lowest BCUT2D eigenvalue weighted by atomic mass is 10.1. The smallest absolute Gasteiger partial charge is 0.213 e. The highest BCUT2D eigenvalue weighted by atomic mass is 32.2. The maximum atomic E-state index is 5.46. The molecule has 0 spiro atoms. The fourth-order valence-corrected chi connectivity index (χ4v) is 3.66. The van der Waals surface area contributed by atoms with E-state index >= 15 is 0 Å². The summed E-state index contributed by atoms with van der Waals surface area (Å²) in [6.07, 6.45) is 5.55. The molecule has 1 saturated heterocycles. The molecule has 0 saturated carbocycles. The number of ether oxygens (including phenoxy) is 2. The van der Waals surface area contributed by atoms with E-state index in [0.29, 0.717) is 28.5 Å². The minimum absolute atomic E-state index is 0.553. The molecule has 10 heteroatoms. The van der Waals surface area contributed by atoms with E-state index in [1.165, 1.54) is 11.8 Å². The van der Waals surface area contributed by atoms with Crippen molar-refractivity contribution in [3.63, 3.8) is 0 Å². The SMILES string of the molecule is COc1ccc(Nc2ncc(CN3CCOCC3)cc2-c2nc(C)nc(SC)n2)cn1. The van der Waals surface area contributed by atoms with Crippen molar-refractivity contribution in [3.8, 4) is 17.3 Å². The number of pyridine rings is 2. The van der Waals surface area contributed by atoms with Gasteiger partial charge in [0, 0.05) is 31.9 Å². The number of nitrogens with one attached hydrogen (secondary N) is 1. The summed E-state index contributed by atoms with van der Waals surface area (Å²) >= 11 is 1.49. The minimum Gasteiger partial charge on any atom is -0.481 e. The van der Waals surface area contributed by atoms with Crippen LogP contribution in [0, 0.1) is 6.92 Å². The third-order valence-corrected chi connectivity index (χ3v) is 5.36. The highest BCUT2D eigenvalue weighted by molar-refractivity contribution is 7.98. The Morgan fingerprint density at radius 1 is 1.13 bits per heavy atom.